The summed E-state index contributed by atoms with van der Waals surface area (Å²) in [4.78, 5) is 11.2. The number of fused-ring (bicyclic) bond motifs is 1. The standard InChI is InChI=1S/C14H16N2O2/c1-16-5-4-10-6-9(2-3-13(10)16)11-7-15-8-12(11)14(17)18/h2-6,11-12,15H,7-8H2,1H3,(H,17,18). The molecule has 1 saturated heterocycles. The molecule has 1 aliphatic heterocycles. The summed E-state index contributed by atoms with van der Waals surface area (Å²) in [6.45, 7) is 1.31. The maximum atomic E-state index is 11.2. The number of carboxylic acids is 1. The van der Waals surface area contributed by atoms with Crippen LogP contribution in [0.2, 0.25) is 0 Å². The Labute approximate surface area is 105 Å². The van der Waals surface area contributed by atoms with Crippen molar-refractivity contribution < 1.29 is 9.90 Å². The van der Waals surface area contributed by atoms with E-state index in [2.05, 4.69) is 34.1 Å². The van der Waals surface area contributed by atoms with Gasteiger partial charge in [0.1, 0.15) is 0 Å². The zero-order chi connectivity index (χ0) is 12.7. The molecule has 94 valence electrons. The fraction of sp³-hybridized carbons (Fsp3) is 0.357. The van der Waals surface area contributed by atoms with Crippen molar-refractivity contribution in [2.24, 2.45) is 13.0 Å². The Morgan fingerprint density at radius 2 is 2.22 bits per heavy atom. The molecule has 1 aromatic carbocycles. The van der Waals surface area contributed by atoms with Gasteiger partial charge in [0.15, 0.2) is 0 Å². The number of benzene rings is 1. The van der Waals surface area contributed by atoms with E-state index in [1.54, 1.807) is 0 Å². The average Bonchev–Trinajstić information content (AvgIpc) is 2.96. The Hall–Kier alpha value is -1.81. The SMILES string of the molecule is Cn1ccc2cc(C3CNCC3C(=O)O)ccc21. The van der Waals surface area contributed by atoms with Gasteiger partial charge in [-0.2, -0.15) is 0 Å². The quantitative estimate of drug-likeness (QED) is 0.843. The van der Waals surface area contributed by atoms with E-state index < -0.39 is 5.97 Å². The first-order valence-electron chi connectivity index (χ1n) is 6.15. The van der Waals surface area contributed by atoms with Crippen molar-refractivity contribution in [2.75, 3.05) is 13.1 Å². The molecule has 2 aromatic rings. The number of nitrogens with one attached hydrogen (secondary N) is 1. The summed E-state index contributed by atoms with van der Waals surface area (Å²) in [6, 6.07) is 8.30. The van der Waals surface area contributed by atoms with Gasteiger partial charge < -0.3 is 15.0 Å². The molecule has 2 unspecified atom stereocenters. The van der Waals surface area contributed by atoms with Gasteiger partial charge in [-0.15, -0.1) is 0 Å². The Kier molecular flexibility index (Phi) is 2.59. The molecule has 0 bridgehead atoms. The molecule has 0 spiro atoms. The first-order valence-corrected chi connectivity index (χ1v) is 6.15. The van der Waals surface area contributed by atoms with Crippen molar-refractivity contribution in [3.63, 3.8) is 0 Å². The summed E-state index contributed by atoms with van der Waals surface area (Å²) in [7, 11) is 2.01. The van der Waals surface area contributed by atoms with Crippen LogP contribution in [0.3, 0.4) is 0 Å². The topological polar surface area (TPSA) is 54.3 Å². The van der Waals surface area contributed by atoms with E-state index >= 15 is 0 Å². The molecule has 18 heavy (non-hydrogen) atoms. The molecule has 0 aliphatic carbocycles. The Bertz CT molecular complexity index is 603. The van der Waals surface area contributed by atoms with Crippen molar-refractivity contribution in [2.45, 2.75) is 5.92 Å². The van der Waals surface area contributed by atoms with Gasteiger partial charge in [-0.3, -0.25) is 4.79 Å². The number of carboxylic acid groups (broad SMARTS) is 1. The van der Waals surface area contributed by atoms with Crippen LogP contribution in [0.25, 0.3) is 10.9 Å². The molecule has 4 nitrogen and oxygen atoms in total. The van der Waals surface area contributed by atoms with Crippen LogP contribution in [-0.4, -0.2) is 28.7 Å². The van der Waals surface area contributed by atoms with Gasteiger partial charge in [-0.25, -0.2) is 0 Å². The Balaban J connectivity index is 2.01. The van der Waals surface area contributed by atoms with Crippen molar-refractivity contribution in [3.8, 4) is 0 Å². The fourth-order valence-corrected chi connectivity index (χ4v) is 2.82. The van der Waals surface area contributed by atoms with Crippen LogP contribution in [0.4, 0.5) is 0 Å². The summed E-state index contributed by atoms with van der Waals surface area (Å²) >= 11 is 0. The van der Waals surface area contributed by atoms with E-state index in [0.29, 0.717) is 6.54 Å². The molecular formula is C14H16N2O2. The van der Waals surface area contributed by atoms with E-state index in [9.17, 15) is 9.90 Å². The minimum absolute atomic E-state index is 0.0760. The minimum atomic E-state index is -0.710. The number of rotatable bonds is 2. The molecule has 0 saturated carbocycles. The van der Waals surface area contributed by atoms with Crippen molar-refractivity contribution in [3.05, 3.63) is 36.0 Å². The van der Waals surface area contributed by atoms with E-state index in [4.69, 9.17) is 0 Å². The lowest BCUT2D eigenvalue weighted by Gasteiger charge is -2.15. The van der Waals surface area contributed by atoms with Crippen LogP contribution in [0.1, 0.15) is 11.5 Å². The molecule has 3 rings (SSSR count). The summed E-state index contributed by atoms with van der Waals surface area (Å²) in [5.74, 6) is -0.948. The smallest absolute Gasteiger partial charge is 0.308 e. The molecule has 2 N–H and O–H groups in total. The van der Waals surface area contributed by atoms with Gasteiger partial charge in [0.2, 0.25) is 0 Å². The van der Waals surface area contributed by atoms with Gasteiger partial charge in [0, 0.05) is 37.8 Å². The van der Waals surface area contributed by atoms with E-state index in [-0.39, 0.29) is 11.8 Å². The Morgan fingerprint density at radius 1 is 1.39 bits per heavy atom. The molecule has 0 radical (unpaired) electrons. The van der Waals surface area contributed by atoms with Crippen molar-refractivity contribution in [1.82, 2.24) is 9.88 Å². The monoisotopic (exact) mass is 244 g/mol. The van der Waals surface area contributed by atoms with Gasteiger partial charge in [-0.05, 0) is 29.1 Å². The summed E-state index contributed by atoms with van der Waals surface area (Å²) in [6.07, 6.45) is 2.02. The normalized spacial score (nSPS) is 23.6. The molecule has 1 aliphatic rings. The van der Waals surface area contributed by atoms with Gasteiger partial charge in [-0.1, -0.05) is 6.07 Å². The second-order valence-electron chi connectivity index (χ2n) is 4.95. The lowest BCUT2D eigenvalue weighted by atomic mass is 9.88. The van der Waals surface area contributed by atoms with Crippen molar-refractivity contribution >= 4 is 16.9 Å². The highest BCUT2D eigenvalue weighted by atomic mass is 16.4. The van der Waals surface area contributed by atoms with Gasteiger partial charge >= 0.3 is 5.97 Å². The third kappa shape index (κ3) is 1.69. The zero-order valence-corrected chi connectivity index (χ0v) is 10.3. The van der Waals surface area contributed by atoms with Crippen LogP contribution < -0.4 is 5.32 Å². The highest BCUT2D eigenvalue weighted by Crippen LogP contribution is 2.30. The molecule has 1 fully saturated rings. The van der Waals surface area contributed by atoms with Crippen LogP contribution in [-0.2, 0) is 11.8 Å². The number of nitrogens with zero attached hydrogens (tertiary/aromatic N) is 1. The average molecular weight is 244 g/mol. The van der Waals surface area contributed by atoms with Gasteiger partial charge in [0.25, 0.3) is 0 Å². The minimum Gasteiger partial charge on any atom is -0.481 e. The lowest BCUT2D eigenvalue weighted by Crippen LogP contribution is -2.20. The number of carbonyl (C=O) groups is 1. The highest BCUT2D eigenvalue weighted by Gasteiger charge is 2.33. The maximum Gasteiger partial charge on any atom is 0.308 e. The maximum absolute atomic E-state index is 11.2. The second kappa shape index (κ2) is 4.14. The predicted octanol–water partition coefficient (Wildman–Crippen LogP) is 1.57. The first kappa shape index (κ1) is 11.3. The number of aromatic nitrogens is 1. The summed E-state index contributed by atoms with van der Waals surface area (Å²) in [5, 5.41) is 13.6. The first-order chi connectivity index (χ1) is 8.66. The molecule has 1 aromatic heterocycles. The predicted molar refractivity (Wildman–Crippen MR) is 69.7 cm³/mol. The molecular weight excluding hydrogens is 228 g/mol. The molecule has 0 amide bonds. The van der Waals surface area contributed by atoms with Gasteiger partial charge in [0.05, 0.1) is 5.92 Å². The Morgan fingerprint density at radius 3 is 3.00 bits per heavy atom. The number of aryl methyl sites for hydroxylation is 1. The molecule has 4 heteroatoms. The lowest BCUT2D eigenvalue weighted by molar-refractivity contribution is -0.141. The number of hydrogen-bond acceptors (Lipinski definition) is 2. The summed E-state index contributed by atoms with van der Waals surface area (Å²) in [5.41, 5.74) is 2.29. The highest BCUT2D eigenvalue weighted by molar-refractivity contribution is 5.81. The second-order valence-corrected chi connectivity index (χ2v) is 4.95. The van der Waals surface area contributed by atoms with Crippen molar-refractivity contribution in [1.29, 1.82) is 0 Å². The molecule has 2 atom stereocenters. The van der Waals surface area contributed by atoms with Crippen LogP contribution in [0, 0.1) is 5.92 Å². The largest absolute Gasteiger partial charge is 0.481 e. The molecule has 2 heterocycles. The van der Waals surface area contributed by atoms with E-state index in [1.807, 2.05) is 13.2 Å². The fourth-order valence-electron chi connectivity index (χ4n) is 2.82. The van der Waals surface area contributed by atoms with Crippen LogP contribution in [0.15, 0.2) is 30.5 Å². The third-order valence-corrected chi connectivity index (χ3v) is 3.87. The summed E-state index contributed by atoms with van der Waals surface area (Å²) < 4.78 is 2.07. The van der Waals surface area contributed by atoms with Crippen LogP contribution >= 0.6 is 0 Å². The van der Waals surface area contributed by atoms with E-state index in [0.717, 1.165) is 12.1 Å². The third-order valence-electron chi connectivity index (χ3n) is 3.87. The van der Waals surface area contributed by atoms with E-state index in [1.165, 1.54) is 10.9 Å². The number of aliphatic carboxylic acids is 1. The van der Waals surface area contributed by atoms with Crippen LogP contribution in [0.5, 0.6) is 0 Å². The number of hydrogen-bond donors (Lipinski definition) is 2. The zero-order valence-electron chi connectivity index (χ0n) is 10.3.